The van der Waals surface area contributed by atoms with Crippen LogP contribution in [0.15, 0.2) is 34.3 Å². The molecular formula is C24H28F2N6OS. The van der Waals surface area contributed by atoms with E-state index in [1.807, 2.05) is 0 Å². The lowest BCUT2D eigenvalue weighted by Gasteiger charge is -2.43. The number of anilines is 3. The van der Waals surface area contributed by atoms with Gasteiger partial charge in [-0.2, -0.15) is 8.78 Å². The number of nitrogens with zero attached hydrogens (tertiary/aromatic N) is 4. The molecule has 2 aromatic rings. The molecule has 0 bridgehead atoms. The monoisotopic (exact) mass is 486 g/mol. The molecule has 3 heterocycles. The van der Waals surface area contributed by atoms with Gasteiger partial charge >= 0.3 is 0 Å². The van der Waals surface area contributed by atoms with Gasteiger partial charge in [0.25, 0.3) is 5.92 Å². The number of piperidine rings is 1. The predicted molar refractivity (Wildman–Crippen MR) is 127 cm³/mol. The molecule has 0 radical (unpaired) electrons. The van der Waals surface area contributed by atoms with Gasteiger partial charge in [-0.3, -0.25) is 4.79 Å². The predicted octanol–water partition coefficient (Wildman–Crippen LogP) is 3.62. The third-order valence-electron chi connectivity index (χ3n) is 8.25. The number of benzene rings is 1. The number of hydrogen-bond donors (Lipinski definition) is 2. The minimum atomic E-state index is -3.14. The third-order valence-corrected chi connectivity index (χ3v) is 9.32. The fourth-order valence-electron chi connectivity index (χ4n) is 6.34. The van der Waals surface area contributed by atoms with Crippen molar-refractivity contribution in [1.29, 1.82) is 0 Å². The zero-order chi connectivity index (χ0) is 23.8. The molecule has 2 saturated carbocycles. The highest BCUT2D eigenvalue weighted by molar-refractivity contribution is 7.99. The second-order valence-corrected chi connectivity index (χ2v) is 11.3. The lowest BCUT2D eigenvalue weighted by atomic mass is 9.72. The van der Waals surface area contributed by atoms with Gasteiger partial charge in [-0.25, -0.2) is 9.97 Å². The summed E-state index contributed by atoms with van der Waals surface area (Å²) in [5.74, 6) is -1.07. The van der Waals surface area contributed by atoms with Crippen molar-refractivity contribution >= 4 is 35.0 Å². The number of rotatable bonds is 3. The Morgan fingerprint density at radius 3 is 2.68 bits per heavy atom. The number of nitrogen functional groups attached to an aromatic ring is 1. The van der Waals surface area contributed by atoms with Crippen LogP contribution in [-0.4, -0.2) is 41.6 Å². The van der Waals surface area contributed by atoms with Gasteiger partial charge in [-0.15, -0.1) is 0 Å². The Balaban J connectivity index is 1.20. The number of hydrogen-bond acceptors (Lipinski definition) is 7. The van der Waals surface area contributed by atoms with Crippen LogP contribution in [0.2, 0.25) is 0 Å². The van der Waals surface area contributed by atoms with E-state index in [2.05, 4.69) is 14.9 Å². The number of aromatic nitrogens is 2. The molecule has 4 aliphatic rings. The van der Waals surface area contributed by atoms with E-state index in [0.717, 1.165) is 54.4 Å². The fourth-order valence-corrected chi connectivity index (χ4v) is 7.30. The number of halogens is 2. The van der Waals surface area contributed by atoms with Crippen molar-refractivity contribution in [2.45, 2.75) is 54.5 Å². The summed E-state index contributed by atoms with van der Waals surface area (Å²) in [6.45, 7) is 2.37. The van der Waals surface area contributed by atoms with Gasteiger partial charge in [-0.05, 0) is 55.1 Å². The number of alkyl halides is 2. The molecular weight excluding hydrogens is 458 g/mol. The molecule has 3 atom stereocenters. The average molecular weight is 487 g/mol. The van der Waals surface area contributed by atoms with Crippen molar-refractivity contribution in [3.05, 3.63) is 30.0 Å². The average Bonchev–Trinajstić information content (AvgIpc) is 3.43. The van der Waals surface area contributed by atoms with Crippen LogP contribution in [0.3, 0.4) is 0 Å². The molecule has 1 aromatic heterocycles. The van der Waals surface area contributed by atoms with E-state index in [1.165, 1.54) is 19.8 Å². The molecule has 1 amide bonds. The van der Waals surface area contributed by atoms with Crippen molar-refractivity contribution in [2.24, 2.45) is 23.0 Å². The Kier molecular flexibility index (Phi) is 4.87. The Morgan fingerprint density at radius 2 is 2.03 bits per heavy atom. The molecule has 1 aromatic carbocycles. The Bertz CT molecular complexity index is 1170. The summed E-state index contributed by atoms with van der Waals surface area (Å²) in [5.41, 5.74) is 13.1. The van der Waals surface area contributed by atoms with Gasteiger partial charge < -0.3 is 21.3 Å². The van der Waals surface area contributed by atoms with Crippen LogP contribution in [0.1, 0.15) is 38.2 Å². The van der Waals surface area contributed by atoms with E-state index >= 15 is 0 Å². The molecule has 2 aliphatic carbocycles. The van der Waals surface area contributed by atoms with Gasteiger partial charge in [-0.1, -0.05) is 17.8 Å². The van der Waals surface area contributed by atoms with Crippen molar-refractivity contribution in [3.8, 4) is 0 Å². The molecule has 3 unspecified atom stereocenters. The van der Waals surface area contributed by atoms with E-state index in [-0.39, 0.29) is 22.5 Å². The normalized spacial score (nSPS) is 28.2. The van der Waals surface area contributed by atoms with E-state index in [9.17, 15) is 13.6 Å². The first-order valence-corrected chi connectivity index (χ1v) is 12.6. The van der Waals surface area contributed by atoms with E-state index in [1.54, 1.807) is 24.4 Å². The van der Waals surface area contributed by atoms with Gasteiger partial charge in [0.15, 0.2) is 5.82 Å². The number of nitrogens with two attached hydrogens (primary N) is 2. The van der Waals surface area contributed by atoms with E-state index < -0.39 is 18.4 Å². The molecule has 7 nitrogen and oxygen atoms in total. The first kappa shape index (κ1) is 22.0. The highest BCUT2D eigenvalue weighted by Crippen LogP contribution is 2.62. The summed E-state index contributed by atoms with van der Waals surface area (Å²) in [6, 6.07) is 5.13. The highest BCUT2D eigenvalue weighted by atomic mass is 32.2. The van der Waals surface area contributed by atoms with Gasteiger partial charge in [0, 0.05) is 31.0 Å². The van der Waals surface area contributed by atoms with Crippen LogP contribution in [0.5, 0.6) is 0 Å². The summed E-state index contributed by atoms with van der Waals surface area (Å²) in [6.07, 6.45) is 6.33. The molecule has 2 aliphatic heterocycles. The zero-order valence-corrected chi connectivity index (χ0v) is 19.8. The summed E-state index contributed by atoms with van der Waals surface area (Å²) >= 11 is 1.06. The lowest BCUT2D eigenvalue weighted by Crippen LogP contribution is -2.48. The second-order valence-electron chi connectivity index (χ2n) is 10.2. The van der Waals surface area contributed by atoms with E-state index in [4.69, 9.17) is 11.5 Å². The summed E-state index contributed by atoms with van der Waals surface area (Å²) < 4.78 is 29.6. The Labute approximate surface area is 201 Å². The first-order valence-electron chi connectivity index (χ1n) is 11.8. The van der Waals surface area contributed by atoms with Crippen LogP contribution in [0.25, 0.3) is 0 Å². The molecule has 3 fully saturated rings. The van der Waals surface area contributed by atoms with Crippen LogP contribution in [0, 0.1) is 17.3 Å². The van der Waals surface area contributed by atoms with Crippen LogP contribution < -0.4 is 21.3 Å². The zero-order valence-electron chi connectivity index (χ0n) is 19.0. The number of fused-ring (bicyclic) bond motifs is 2. The van der Waals surface area contributed by atoms with Crippen molar-refractivity contribution in [1.82, 2.24) is 9.97 Å². The van der Waals surface area contributed by atoms with Crippen LogP contribution >= 0.6 is 11.8 Å². The molecule has 10 heteroatoms. The standard InChI is InChI=1S/C24H28F2N6OS/c1-13(33)32-12-24(25,26)19-16(32)3-2-4-17(19)34-22-21(28)30-18(11-29-22)31-7-5-23(6-8-31)10-14-9-15(14)20(23)27/h2-4,11,14-15,20H,5-10,12,27H2,1H3,(H2,28,30). The minimum absolute atomic E-state index is 0.159. The van der Waals surface area contributed by atoms with Gasteiger partial charge in [0.2, 0.25) is 5.91 Å². The molecule has 1 saturated heterocycles. The Morgan fingerprint density at radius 1 is 1.26 bits per heavy atom. The number of carbonyl (C=O) groups excluding carboxylic acids is 1. The fraction of sp³-hybridized carbons (Fsp3) is 0.542. The molecule has 6 rings (SSSR count). The summed E-state index contributed by atoms with van der Waals surface area (Å²) in [4.78, 5) is 24.5. The van der Waals surface area contributed by atoms with E-state index in [0.29, 0.717) is 21.8 Å². The minimum Gasteiger partial charge on any atom is -0.381 e. The quantitative estimate of drug-likeness (QED) is 0.683. The molecule has 4 N–H and O–H groups in total. The summed E-state index contributed by atoms with van der Waals surface area (Å²) in [7, 11) is 0. The maximum atomic E-state index is 14.8. The summed E-state index contributed by atoms with van der Waals surface area (Å²) in [5, 5.41) is 0.376. The van der Waals surface area contributed by atoms with Crippen LogP contribution in [0.4, 0.5) is 26.1 Å². The van der Waals surface area contributed by atoms with Gasteiger partial charge in [0.1, 0.15) is 10.8 Å². The SMILES string of the molecule is CC(=O)N1CC(F)(F)c2c(Sc3ncc(N4CCC5(CC4)CC4CC4C5N)nc3N)cccc21. The second kappa shape index (κ2) is 7.52. The largest absolute Gasteiger partial charge is 0.381 e. The Hall–Kier alpha value is -2.46. The number of amides is 1. The number of carbonyl (C=O) groups is 1. The van der Waals surface area contributed by atoms with Crippen molar-refractivity contribution < 1.29 is 13.6 Å². The maximum absolute atomic E-state index is 14.8. The first-order chi connectivity index (χ1) is 16.2. The highest BCUT2D eigenvalue weighted by Gasteiger charge is 2.59. The third kappa shape index (κ3) is 3.37. The maximum Gasteiger partial charge on any atom is 0.293 e. The van der Waals surface area contributed by atoms with Gasteiger partial charge in [0.05, 0.1) is 24.0 Å². The molecule has 34 heavy (non-hydrogen) atoms. The van der Waals surface area contributed by atoms with Crippen molar-refractivity contribution in [3.63, 3.8) is 0 Å². The molecule has 180 valence electrons. The smallest absolute Gasteiger partial charge is 0.293 e. The molecule has 1 spiro atoms. The lowest BCUT2D eigenvalue weighted by molar-refractivity contribution is -0.117. The van der Waals surface area contributed by atoms with Crippen molar-refractivity contribution in [2.75, 3.05) is 35.2 Å². The van der Waals surface area contributed by atoms with Crippen LogP contribution in [-0.2, 0) is 10.7 Å². The topological polar surface area (TPSA) is 101 Å².